The number of amides is 1. The lowest BCUT2D eigenvalue weighted by Crippen LogP contribution is -2.42. The van der Waals surface area contributed by atoms with E-state index in [1.165, 1.54) is 44.9 Å². The number of unbranched alkanes of at least 4 members (excludes halogenated alkanes) is 8. The number of hydrogen-bond donors (Lipinski definition) is 2. The highest BCUT2D eigenvalue weighted by atomic mass is 16.3. The van der Waals surface area contributed by atoms with Crippen molar-refractivity contribution >= 4 is 5.91 Å². The van der Waals surface area contributed by atoms with Gasteiger partial charge in [0.05, 0.1) is 0 Å². The van der Waals surface area contributed by atoms with Gasteiger partial charge in [0.1, 0.15) is 5.72 Å². The van der Waals surface area contributed by atoms with Crippen molar-refractivity contribution in [3.8, 4) is 0 Å². The van der Waals surface area contributed by atoms with Crippen LogP contribution in [-0.4, -0.2) is 16.7 Å². The number of rotatable bonds is 15. The molecular formula is C21H39NO2. The number of allylic oxidation sites excluding steroid dienone is 4. The van der Waals surface area contributed by atoms with E-state index in [-0.39, 0.29) is 5.91 Å². The van der Waals surface area contributed by atoms with Crippen LogP contribution in [-0.2, 0) is 4.79 Å². The molecule has 0 unspecified atom stereocenters. The van der Waals surface area contributed by atoms with E-state index < -0.39 is 5.72 Å². The van der Waals surface area contributed by atoms with E-state index in [0.717, 1.165) is 25.7 Å². The lowest BCUT2D eigenvalue weighted by molar-refractivity contribution is -0.127. The Bertz CT molecular complexity index is 353. The van der Waals surface area contributed by atoms with E-state index in [1.54, 1.807) is 13.8 Å². The standard InChI is InChI=1S/C21H39NO2/c1-4-5-6-7-8-9-10-11-12-13-14-15-16-17-18-19-20(23)22-21(2,3)24/h8-9,11-12,24H,4-7,10,13-19H2,1-3H3,(H,22,23)/b9-8-,12-11-. The Labute approximate surface area is 149 Å². The molecule has 0 aliphatic heterocycles. The molecule has 24 heavy (non-hydrogen) atoms. The molecule has 0 rings (SSSR count). The molecule has 0 heterocycles. The Balaban J connectivity index is 3.33. The summed E-state index contributed by atoms with van der Waals surface area (Å²) in [6.07, 6.45) is 22.6. The first-order chi connectivity index (χ1) is 11.5. The van der Waals surface area contributed by atoms with Gasteiger partial charge in [0, 0.05) is 6.42 Å². The number of carbonyl (C=O) groups is 1. The normalized spacial score (nSPS) is 12.3. The quantitative estimate of drug-likeness (QED) is 0.231. The average molecular weight is 338 g/mol. The fourth-order valence-corrected chi connectivity index (χ4v) is 2.50. The van der Waals surface area contributed by atoms with E-state index in [9.17, 15) is 9.90 Å². The van der Waals surface area contributed by atoms with Crippen LogP contribution in [0.25, 0.3) is 0 Å². The molecule has 0 fully saturated rings. The molecule has 0 bridgehead atoms. The molecule has 2 N–H and O–H groups in total. The van der Waals surface area contributed by atoms with Crippen LogP contribution in [0, 0.1) is 0 Å². The molecule has 0 aliphatic carbocycles. The van der Waals surface area contributed by atoms with Gasteiger partial charge in [0.2, 0.25) is 5.91 Å². The minimum Gasteiger partial charge on any atom is -0.372 e. The Hall–Kier alpha value is -1.09. The summed E-state index contributed by atoms with van der Waals surface area (Å²) in [6, 6.07) is 0. The Morgan fingerprint density at radius 2 is 1.42 bits per heavy atom. The van der Waals surface area contributed by atoms with Gasteiger partial charge in [-0.05, 0) is 52.4 Å². The lowest BCUT2D eigenvalue weighted by Gasteiger charge is -2.18. The topological polar surface area (TPSA) is 49.3 Å². The average Bonchev–Trinajstić information content (AvgIpc) is 2.49. The van der Waals surface area contributed by atoms with Crippen LogP contribution < -0.4 is 5.32 Å². The molecule has 0 aromatic rings. The summed E-state index contributed by atoms with van der Waals surface area (Å²) in [7, 11) is 0. The number of nitrogens with one attached hydrogen (secondary N) is 1. The Morgan fingerprint density at radius 3 is 2.00 bits per heavy atom. The second kappa shape index (κ2) is 15.4. The van der Waals surface area contributed by atoms with Crippen LogP contribution in [0.2, 0.25) is 0 Å². The third kappa shape index (κ3) is 19.0. The van der Waals surface area contributed by atoms with Gasteiger partial charge >= 0.3 is 0 Å². The van der Waals surface area contributed by atoms with Gasteiger partial charge in [-0.1, -0.05) is 63.3 Å². The summed E-state index contributed by atoms with van der Waals surface area (Å²) in [5.41, 5.74) is -1.10. The molecule has 3 nitrogen and oxygen atoms in total. The summed E-state index contributed by atoms with van der Waals surface area (Å²) in [5, 5.41) is 12.0. The van der Waals surface area contributed by atoms with Crippen molar-refractivity contribution < 1.29 is 9.90 Å². The van der Waals surface area contributed by atoms with E-state index >= 15 is 0 Å². The first-order valence-corrected chi connectivity index (χ1v) is 9.79. The lowest BCUT2D eigenvalue weighted by atomic mass is 10.1. The summed E-state index contributed by atoms with van der Waals surface area (Å²) >= 11 is 0. The third-order valence-electron chi connectivity index (χ3n) is 3.80. The van der Waals surface area contributed by atoms with Crippen LogP contribution in [0.15, 0.2) is 24.3 Å². The number of aliphatic hydroxyl groups is 1. The maximum atomic E-state index is 11.5. The van der Waals surface area contributed by atoms with Crippen LogP contribution >= 0.6 is 0 Å². The van der Waals surface area contributed by atoms with E-state index in [1.807, 2.05) is 0 Å². The van der Waals surface area contributed by atoms with Crippen molar-refractivity contribution in [1.29, 1.82) is 0 Å². The molecule has 140 valence electrons. The zero-order valence-corrected chi connectivity index (χ0v) is 16.2. The van der Waals surface area contributed by atoms with Crippen LogP contribution in [0.1, 0.15) is 97.8 Å². The fourth-order valence-electron chi connectivity index (χ4n) is 2.50. The van der Waals surface area contributed by atoms with Gasteiger partial charge in [-0.25, -0.2) is 0 Å². The van der Waals surface area contributed by atoms with Gasteiger partial charge in [0.25, 0.3) is 0 Å². The minimum atomic E-state index is -1.10. The Morgan fingerprint density at radius 1 is 0.875 bits per heavy atom. The molecule has 0 aromatic heterocycles. The smallest absolute Gasteiger partial charge is 0.222 e. The predicted octanol–water partition coefficient (Wildman–Crippen LogP) is 5.64. The molecule has 3 heteroatoms. The second-order valence-corrected chi connectivity index (χ2v) is 7.09. The number of carbonyl (C=O) groups excluding carboxylic acids is 1. The number of hydrogen-bond acceptors (Lipinski definition) is 2. The third-order valence-corrected chi connectivity index (χ3v) is 3.80. The molecule has 0 saturated carbocycles. The molecule has 0 saturated heterocycles. The predicted molar refractivity (Wildman–Crippen MR) is 104 cm³/mol. The van der Waals surface area contributed by atoms with Crippen LogP contribution in [0.3, 0.4) is 0 Å². The van der Waals surface area contributed by atoms with Crippen molar-refractivity contribution in [3.63, 3.8) is 0 Å². The molecule has 0 aromatic carbocycles. The molecule has 1 amide bonds. The first kappa shape index (κ1) is 22.9. The van der Waals surface area contributed by atoms with Gasteiger partial charge in [-0.2, -0.15) is 0 Å². The van der Waals surface area contributed by atoms with Crippen molar-refractivity contribution in [1.82, 2.24) is 5.32 Å². The summed E-state index contributed by atoms with van der Waals surface area (Å²) < 4.78 is 0. The van der Waals surface area contributed by atoms with Crippen LogP contribution in [0.4, 0.5) is 0 Å². The Kier molecular flexibility index (Phi) is 14.7. The van der Waals surface area contributed by atoms with Gasteiger partial charge in [-0.3, -0.25) is 4.79 Å². The molecule has 0 spiro atoms. The highest BCUT2D eigenvalue weighted by molar-refractivity contribution is 5.76. The fraction of sp³-hybridized carbons (Fsp3) is 0.762. The van der Waals surface area contributed by atoms with Gasteiger partial charge < -0.3 is 10.4 Å². The second-order valence-electron chi connectivity index (χ2n) is 7.09. The van der Waals surface area contributed by atoms with Crippen molar-refractivity contribution in [2.75, 3.05) is 0 Å². The molecule has 0 aliphatic rings. The first-order valence-electron chi connectivity index (χ1n) is 9.79. The summed E-state index contributed by atoms with van der Waals surface area (Å²) in [6.45, 7) is 5.41. The maximum absolute atomic E-state index is 11.5. The van der Waals surface area contributed by atoms with E-state index in [4.69, 9.17) is 0 Å². The zero-order valence-electron chi connectivity index (χ0n) is 16.2. The SMILES string of the molecule is CCCCC/C=C\C/C=C\CCCCCCCC(=O)NC(C)(C)O. The highest BCUT2D eigenvalue weighted by Gasteiger charge is 2.14. The maximum Gasteiger partial charge on any atom is 0.222 e. The molecule has 0 radical (unpaired) electrons. The summed E-state index contributed by atoms with van der Waals surface area (Å²) in [4.78, 5) is 11.5. The summed E-state index contributed by atoms with van der Waals surface area (Å²) in [5.74, 6) is -0.0619. The van der Waals surface area contributed by atoms with E-state index in [2.05, 4.69) is 36.5 Å². The zero-order chi connectivity index (χ0) is 18.1. The molecular weight excluding hydrogens is 298 g/mol. The van der Waals surface area contributed by atoms with Crippen LogP contribution in [0.5, 0.6) is 0 Å². The van der Waals surface area contributed by atoms with Gasteiger partial charge in [0.15, 0.2) is 0 Å². The largest absolute Gasteiger partial charge is 0.372 e. The highest BCUT2D eigenvalue weighted by Crippen LogP contribution is 2.08. The van der Waals surface area contributed by atoms with Crippen molar-refractivity contribution in [3.05, 3.63) is 24.3 Å². The van der Waals surface area contributed by atoms with Gasteiger partial charge in [-0.15, -0.1) is 0 Å². The van der Waals surface area contributed by atoms with Crippen molar-refractivity contribution in [2.45, 2.75) is 104 Å². The molecule has 0 atom stereocenters. The van der Waals surface area contributed by atoms with E-state index in [0.29, 0.717) is 6.42 Å². The minimum absolute atomic E-state index is 0.0619. The monoisotopic (exact) mass is 337 g/mol. The van der Waals surface area contributed by atoms with Crippen molar-refractivity contribution in [2.24, 2.45) is 0 Å².